The van der Waals surface area contributed by atoms with Crippen LogP contribution in [0.25, 0.3) is 10.4 Å². The van der Waals surface area contributed by atoms with Gasteiger partial charge in [-0.2, -0.15) is 0 Å². The zero-order chi connectivity index (χ0) is 13.9. The summed E-state index contributed by atoms with van der Waals surface area (Å²) in [4.78, 5) is 2.71. The van der Waals surface area contributed by atoms with E-state index in [2.05, 4.69) is 66.3 Å². The van der Waals surface area contributed by atoms with E-state index in [4.69, 9.17) is 0 Å². The molecule has 0 fully saturated rings. The van der Waals surface area contributed by atoms with E-state index in [1.54, 1.807) is 11.3 Å². The van der Waals surface area contributed by atoms with Crippen LogP contribution < -0.4 is 5.32 Å². The van der Waals surface area contributed by atoms with Gasteiger partial charge in [-0.15, -0.1) is 22.7 Å². The molecule has 0 saturated heterocycles. The molecule has 3 heteroatoms. The van der Waals surface area contributed by atoms with Crippen LogP contribution >= 0.6 is 22.7 Å². The van der Waals surface area contributed by atoms with E-state index in [0.29, 0.717) is 0 Å². The zero-order valence-electron chi connectivity index (χ0n) is 11.6. The molecule has 3 rings (SSSR count). The first-order valence-electron chi connectivity index (χ1n) is 6.65. The minimum Gasteiger partial charge on any atom is -0.380 e. The van der Waals surface area contributed by atoms with Crippen LogP contribution in [-0.2, 0) is 6.54 Å². The predicted molar refractivity (Wildman–Crippen MR) is 90.9 cm³/mol. The summed E-state index contributed by atoms with van der Waals surface area (Å²) in [6, 6.07) is 13.1. The standard InChI is InChI=1S/C17H17NS2/c1-12-5-6-15(8-13(12)2)18-10-16-9-14(11-20-16)17-4-3-7-19-17/h3-9,11,18H,10H2,1-2H3. The predicted octanol–water partition coefficient (Wildman–Crippen LogP) is 5.71. The maximum atomic E-state index is 3.50. The first-order chi connectivity index (χ1) is 9.72. The minimum atomic E-state index is 0.887. The molecule has 0 bridgehead atoms. The molecular weight excluding hydrogens is 282 g/mol. The average molecular weight is 299 g/mol. The van der Waals surface area contributed by atoms with E-state index in [1.807, 2.05) is 11.3 Å². The lowest BCUT2D eigenvalue weighted by Crippen LogP contribution is -1.97. The second kappa shape index (κ2) is 5.81. The largest absolute Gasteiger partial charge is 0.380 e. The van der Waals surface area contributed by atoms with Crippen LogP contribution in [0.4, 0.5) is 5.69 Å². The Kier molecular flexibility index (Phi) is 3.90. The number of hydrogen-bond donors (Lipinski definition) is 1. The van der Waals surface area contributed by atoms with Gasteiger partial charge in [-0.1, -0.05) is 12.1 Å². The summed E-state index contributed by atoms with van der Waals surface area (Å²) in [6.07, 6.45) is 0. The van der Waals surface area contributed by atoms with E-state index in [1.165, 1.54) is 32.1 Å². The minimum absolute atomic E-state index is 0.887. The molecular formula is C17H17NS2. The van der Waals surface area contributed by atoms with Gasteiger partial charge in [0.2, 0.25) is 0 Å². The van der Waals surface area contributed by atoms with Crippen molar-refractivity contribution < 1.29 is 0 Å². The molecule has 0 atom stereocenters. The van der Waals surface area contributed by atoms with Crippen molar-refractivity contribution in [3.05, 3.63) is 63.2 Å². The third kappa shape index (κ3) is 2.94. The SMILES string of the molecule is Cc1ccc(NCc2cc(-c3cccs3)cs2)cc1C. The lowest BCUT2D eigenvalue weighted by Gasteiger charge is -2.07. The molecule has 1 N–H and O–H groups in total. The Morgan fingerprint density at radius 1 is 1.00 bits per heavy atom. The fraction of sp³-hybridized carbons (Fsp3) is 0.176. The van der Waals surface area contributed by atoms with Gasteiger partial charge in [0.05, 0.1) is 0 Å². The normalized spacial score (nSPS) is 10.7. The Hall–Kier alpha value is -1.58. The highest BCUT2D eigenvalue weighted by Gasteiger charge is 2.03. The van der Waals surface area contributed by atoms with Gasteiger partial charge < -0.3 is 5.32 Å². The molecule has 20 heavy (non-hydrogen) atoms. The van der Waals surface area contributed by atoms with E-state index < -0.39 is 0 Å². The number of aryl methyl sites for hydroxylation is 2. The molecule has 0 amide bonds. The van der Waals surface area contributed by atoms with Crippen LogP contribution in [-0.4, -0.2) is 0 Å². The third-order valence-corrected chi connectivity index (χ3v) is 5.29. The molecule has 0 radical (unpaired) electrons. The van der Waals surface area contributed by atoms with Crippen LogP contribution in [0.1, 0.15) is 16.0 Å². The summed E-state index contributed by atoms with van der Waals surface area (Å²) in [5.41, 5.74) is 5.20. The first-order valence-corrected chi connectivity index (χ1v) is 8.41. The van der Waals surface area contributed by atoms with Crippen molar-refractivity contribution in [2.45, 2.75) is 20.4 Å². The average Bonchev–Trinajstić information content (AvgIpc) is 3.09. The summed E-state index contributed by atoms with van der Waals surface area (Å²) in [5.74, 6) is 0. The summed E-state index contributed by atoms with van der Waals surface area (Å²) in [6.45, 7) is 5.19. The topological polar surface area (TPSA) is 12.0 Å². The van der Waals surface area contributed by atoms with E-state index in [0.717, 1.165) is 6.54 Å². The van der Waals surface area contributed by atoms with Crippen LogP contribution in [0.15, 0.2) is 47.2 Å². The molecule has 0 aliphatic rings. The maximum Gasteiger partial charge on any atom is 0.0494 e. The van der Waals surface area contributed by atoms with Crippen molar-refractivity contribution in [1.29, 1.82) is 0 Å². The molecule has 3 aromatic rings. The Labute approximate surface area is 127 Å². The zero-order valence-corrected chi connectivity index (χ0v) is 13.3. The van der Waals surface area contributed by atoms with Crippen molar-refractivity contribution in [2.75, 3.05) is 5.32 Å². The molecule has 1 nitrogen and oxygen atoms in total. The number of anilines is 1. The maximum absolute atomic E-state index is 3.50. The van der Waals surface area contributed by atoms with E-state index in [-0.39, 0.29) is 0 Å². The second-order valence-electron chi connectivity index (χ2n) is 4.93. The van der Waals surface area contributed by atoms with Crippen LogP contribution in [0.2, 0.25) is 0 Å². The van der Waals surface area contributed by atoms with Crippen LogP contribution in [0.5, 0.6) is 0 Å². The van der Waals surface area contributed by atoms with Crippen molar-refractivity contribution in [1.82, 2.24) is 0 Å². The number of hydrogen-bond acceptors (Lipinski definition) is 3. The number of nitrogens with one attached hydrogen (secondary N) is 1. The molecule has 1 aromatic carbocycles. The van der Waals surface area contributed by atoms with E-state index >= 15 is 0 Å². The molecule has 2 heterocycles. The quantitative estimate of drug-likeness (QED) is 0.651. The highest BCUT2D eigenvalue weighted by Crippen LogP contribution is 2.29. The van der Waals surface area contributed by atoms with Gasteiger partial charge in [-0.05, 0) is 60.0 Å². The van der Waals surface area contributed by atoms with Gasteiger partial charge in [0.1, 0.15) is 0 Å². The first kappa shape index (κ1) is 13.4. The Bertz CT molecular complexity index is 696. The summed E-state index contributed by atoms with van der Waals surface area (Å²) < 4.78 is 0. The van der Waals surface area contributed by atoms with Gasteiger partial charge in [0.25, 0.3) is 0 Å². The lowest BCUT2D eigenvalue weighted by molar-refractivity contribution is 1.18. The summed E-state index contributed by atoms with van der Waals surface area (Å²) in [7, 11) is 0. The monoisotopic (exact) mass is 299 g/mol. The Balaban J connectivity index is 1.68. The Morgan fingerprint density at radius 3 is 2.65 bits per heavy atom. The fourth-order valence-electron chi connectivity index (χ4n) is 2.09. The molecule has 0 spiro atoms. The number of thiophene rings is 2. The lowest BCUT2D eigenvalue weighted by atomic mass is 10.1. The van der Waals surface area contributed by atoms with Crippen molar-refractivity contribution in [3.8, 4) is 10.4 Å². The second-order valence-corrected chi connectivity index (χ2v) is 6.88. The van der Waals surface area contributed by atoms with Crippen molar-refractivity contribution in [3.63, 3.8) is 0 Å². The van der Waals surface area contributed by atoms with Crippen molar-refractivity contribution >= 4 is 28.4 Å². The molecule has 0 aliphatic heterocycles. The van der Waals surface area contributed by atoms with Crippen molar-refractivity contribution in [2.24, 2.45) is 0 Å². The van der Waals surface area contributed by atoms with Gasteiger partial charge >= 0.3 is 0 Å². The number of benzene rings is 1. The molecule has 0 saturated carbocycles. The third-order valence-electron chi connectivity index (χ3n) is 3.43. The molecule has 102 valence electrons. The van der Waals surface area contributed by atoms with Gasteiger partial charge in [-0.25, -0.2) is 0 Å². The molecule has 0 aliphatic carbocycles. The van der Waals surface area contributed by atoms with Gasteiger partial charge in [0.15, 0.2) is 0 Å². The van der Waals surface area contributed by atoms with Gasteiger partial charge in [-0.3, -0.25) is 0 Å². The van der Waals surface area contributed by atoms with Gasteiger partial charge in [0, 0.05) is 27.5 Å². The van der Waals surface area contributed by atoms with E-state index in [9.17, 15) is 0 Å². The van der Waals surface area contributed by atoms with Crippen LogP contribution in [0.3, 0.4) is 0 Å². The summed E-state index contributed by atoms with van der Waals surface area (Å²) in [5, 5.41) is 7.87. The molecule has 0 unspecified atom stereocenters. The highest BCUT2D eigenvalue weighted by molar-refractivity contribution is 7.14. The summed E-state index contributed by atoms with van der Waals surface area (Å²) >= 11 is 3.61. The fourth-order valence-corrected chi connectivity index (χ4v) is 3.70. The number of rotatable bonds is 4. The Morgan fingerprint density at radius 2 is 1.90 bits per heavy atom. The smallest absolute Gasteiger partial charge is 0.0494 e. The van der Waals surface area contributed by atoms with Crippen LogP contribution in [0, 0.1) is 13.8 Å². The molecule has 2 aromatic heterocycles. The highest BCUT2D eigenvalue weighted by atomic mass is 32.1.